The van der Waals surface area contributed by atoms with Gasteiger partial charge >= 0.3 is 0 Å². The first kappa shape index (κ1) is 13.3. The molecule has 3 atom stereocenters. The van der Waals surface area contributed by atoms with Crippen LogP contribution in [0.25, 0.3) is 0 Å². The molecule has 0 aromatic rings. The van der Waals surface area contributed by atoms with E-state index in [-0.39, 0.29) is 18.2 Å². The lowest BCUT2D eigenvalue weighted by Crippen LogP contribution is -2.77. The number of nitriles is 1. The van der Waals surface area contributed by atoms with Crippen LogP contribution in [0.3, 0.4) is 0 Å². The Morgan fingerprint density at radius 2 is 2.44 bits per heavy atom. The molecule has 1 spiro atoms. The van der Waals surface area contributed by atoms with E-state index in [0.717, 1.165) is 19.4 Å². The molecule has 0 bridgehead atoms. The summed E-state index contributed by atoms with van der Waals surface area (Å²) < 4.78 is 0. The van der Waals surface area contributed by atoms with Crippen LogP contribution in [0, 0.1) is 11.3 Å². The standard InChI is InChI=1S/C12H20N4O2/c1-15-6-2-4-12(15)8-16(10(12)3-5-13)9(7-17)11(14)18/h9-10,17H,2-4,6-8H2,1H3,(H2,14,18)/t9-,10?,12?/m0/s1. The topological polar surface area (TPSA) is 93.6 Å². The van der Waals surface area contributed by atoms with Crippen molar-refractivity contribution in [2.45, 2.75) is 36.9 Å². The highest BCUT2D eigenvalue weighted by molar-refractivity contribution is 5.80. The Kier molecular flexibility index (Phi) is 3.57. The van der Waals surface area contributed by atoms with Crippen LogP contribution in [-0.2, 0) is 4.79 Å². The molecule has 2 saturated heterocycles. The number of likely N-dealkylation sites (tertiary alicyclic amines) is 2. The third-order valence-electron chi connectivity index (χ3n) is 4.53. The maximum absolute atomic E-state index is 11.3. The first-order valence-corrected chi connectivity index (χ1v) is 6.31. The van der Waals surface area contributed by atoms with Gasteiger partial charge in [-0.3, -0.25) is 14.6 Å². The lowest BCUT2D eigenvalue weighted by Gasteiger charge is -2.60. The number of hydrogen-bond acceptors (Lipinski definition) is 5. The first-order chi connectivity index (χ1) is 8.56. The third kappa shape index (κ3) is 1.79. The zero-order valence-electron chi connectivity index (χ0n) is 10.7. The number of carbonyl (C=O) groups is 1. The van der Waals surface area contributed by atoms with Crippen LogP contribution >= 0.6 is 0 Å². The number of likely N-dealkylation sites (N-methyl/N-ethyl adjacent to an activating group) is 1. The lowest BCUT2D eigenvalue weighted by molar-refractivity contribution is -0.143. The molecule has 0 aromatic heterocycles. The second-order valence-electron chi connectivity index (χ2n) is 5.28. The predicted molar refractivity (Wildman–Crippen MR) is 65.4 cm³/mol. The summed E-state index contributed by atoms with van der Waals surface area (Å²) in [5, 5.41) is 18.2. The number of carbonyl (C=O) groups excluding carboxylic acids is 1. The molecule has 2 heterocycles. The number of amides is 1. The molecule has 6 nitrogen and oxygen atoms in total. The Balaban J connectivity index is 2.17. The SMILES string of the molecule is CN1CCCC12CN([C@@H](CO)C(N)=O)C2CC#N. The second-order valence-corrected chi connectivity index (χ2v) is 5.28. The summed E-state index contributed by atoms with van der Waals surface area (Å²) in [7, 11) is 2.06. The molecule has 0 saturated carbocycles. The molecule has 2 fully saturated rings. The minimum Gasteiger partial charge on any atom is -0.394 e. The predicted octanol–water partition coefficient (Wildman–Crippen LogP) is -1.11. The quantitative estimate of drug-likeness (QED) is 0.662. The van der Waals surface area contributed by atoms with Gasteiger partial charge in [-0.2, -0.15) is 5.26 Å². The number of primary amides is 1. The van der Waals surface area contributed by atoms with Crippen molar-refractivity contribution in [2.75, 3.05) is 26.7 Å². The van der Waals surface area contributed by atoms with Gasteiger partial charge < -0.3 is 10.8 Å². The number of rotatable bonds is 4. The number of hydrogen-bond donors (Lipinski definition) is 2. The molecular formula is C12H20N4O2. The molecule has 2 rings (SSSR count). The fourth-order valence-corrected chi connectivity index (χ4v) is 3.46. The van der Waals surface area contributed by atoms with Crippen molar-refractivity contribution in [3.8, 4) is 6.07 Å². The van der Waals surface area contributed by atoms with Gasteiger partial charge in [0, 0.05) is 18.1 Å². The van der Waals surface area contributed by atoms with E-state index in [1.54, 1.807) is 0 Å². The maximum Gasteiger partial charge on any atom is 0.237 e. The Morgan fingerprint density at radius 1 is 1.72 bits per heavy atom. The van der Waals surface area contributed by atoms with Crippen LogP contribution in [0.5, 0.6) is 0 Å². The summed E-state index contributed by atoms with van der Waals surface area (Å²) in [4.78, 5) is 15.5. The molecule has 2 aliphatic rings. The van der Waals surface area contributed by atoms with Crippen LogP contribution in [0.2, 0.25) is 0 Å². The van der Waals surface area contributed by atoms with Gasteiger partial charge in [0.1, 0.15) is 6.04 Å². The van der Waals surface area contributed by atoms with Gasteiger partial charge in [0.15, 0.2) is 0 Å². The minimum absolute atomic E-state index is 0.000324. The lowest BCUT2D eigenvalue weighted by atomic mass is 9.75. The van der Waals surface area contributed by atoms with Crippen molar-refractivity contribution in [3.05, 3.63) is 0 Å². The smallest absolute Gasteiger partial charge is 0.237 e. The fourth-order valence-electron chi connectivity index (χ4n) is 3.46. The highest BCUT2D eigenvalue weighted by atomic mass is 16.3. The van der Waals surface area contributed by atoms with Crippen molar-refractivity contribution >= 4 is 5.91 Å². The molecule has 100 valence electrons. The summed E-state index contributed by atoms with van der Waals surface area (Å²) in [5.74, 6) is -0.518. The number of nitrogens with zero attached hydrogens (tertiary/aromatic N) is 3. The van der Waals surface area contributed by atoms with E-state index < -0.39 is 11.9 Å². The van der Waals surface area contributed by atoms with Gasteiger partial charge in [0.05, 0.1) is 19.1 Å². The minimum atomic E-state index is -0.664. The molecule has 3 N–H and O–H groups in total. The monoisotopic (exact) mass is 252 g/mol. The maximum atomic E-state index is 11.3. The number of aliphatic hydroxyl groups excluding tert-OH is 1. The molecular weight excluding hydrogens is 232 g/mol. The van der Waals surface area contributed by atoms with Crippen molar-refractivity contribution in [3.63, 3.8) is 0 Å². The highest BCUT2D eigenvalue weighted by Crippen LogP contribution is 2.44. The van der Waals surface area contributed by atoms with Gasteiger partial charge in [-0.05, 0) is 26.4 Å². The zero-order valence-corrected chi connectivity index (χ0v) is 10.7. The van der Waals surface area contributed by atoms with Crippen molar-refractivity contribution in [2.24, 2.45) is 5.73 Å². The van der Waals surface area contributed by atoms with Crippen LogP contribution in [0.1, 0.15) is 19.3 Å². The van der Waals surface area contributed by atoms with E-state index in [1.807, 2.05) is 4.90 Å². The van der Waals surface area contributed by atoms with Gasteiger partial charge in [0.25, 0.3) is 0 Å². The third-order valence-corrected chi connectivity index (χ3v) is 4.53. The Bertz CT molecular complexity index is 381. The fraction of sp³-hybridized carbons (Fsp3) is 0.833. The van der Waals surface area contributed by atoms with E-state index in [0.29, 0.717) is 13.0 Å². The number of aliphatic hydroxyl groups is 1. The van der Waals surface area contributed by atoms with E-state index in [4.69, 9.17) is 11.0 Å². The number of nitrogens with two attached hydrogens (primary N) is 1. The average Bonchev–Trinajstić information content (AvgIpc) is 2.70. The summed E-state index contributed by atoms with van der Waals surface area (Å²) in [5.41, 5.74) is 5.30. The molecule has 2 aliphatic heterocycles. The summed E-state index contributed by atoms with van der Waals surface area (Å²) in [6, 6.07) is 1.52. The second kappa shape index (κ2) is 4.84. The molecule has 6 heteroatoms. The van der Waals surface area contributed by atoms with E-state index >= 15 is 0 Å². The summed E-state index contributed by atoms with van der Waals surface area (Å²) in [6.45, 7) is 1.46. The largest absolute Gasteiger partial charge is 0.394 e. The normalized spacial score (nSPS) is 34.2. The molecule has 0 aromatic carbocycles. The van der Waals surface area contributed by atoms with Gasteiger partial charge in [-0.1, -0.05) is 0 Å². The average molecular weight is 252 g/mol. The first-order valence-electron chi connectivity index (χ1n) is 6.31. The van der Waals surface area contributed by atoms with Gasteiger partial charge in [-0.15, -0.1) is 0 Å². The molecule has 1 amide bonds. The summed E-state index contributed by atoms with van der Waals surface area (Å²) >= 11 is 0. The van der Waals surface area contributed by atoms with Crippen molar-refractivity contribution in [1.29, 1.82) is 5.26 Å². The molecule has 2 unspecified atom stereocenters. The van der Waals surface area contributed by atoms with E-state index in [2.05, 4.69) is 18.0 Å². The Hall–Kier alpha value is -1.16. The van der Waals surface area contributed by atoms with Crippen LogP contribution < -0.4 is 5.73 Å². The van der Waals surface area contributed by atoms with Gasteiger partial charge in [-0.25, -0.2) is 0 Å². The van der Waals surface area contributed by atoms with Crippen molar-refractivity contribution in [1.82, 2.24) is 9.80 Å². The van der Waals surface area contributed by atoms with Crippen LogP contribution in [0.4, 0.5) is 0 Å². The Morgan fingerprint density at radius 3 is 2.89 bits per heavy atom. The van der Waals surface area contributed by atoms with E-state index in [1.165, 1.54) is 0 Å². The zero-order chi connectivity index (χ0) is 13.3. The van der Waals surface area contributed by atoms with Crippen molar-refractivity contribution < 1.29 is 9.90 Å². The highest BCUT2D eigenvalue weighted by Gasteiger charge is 2.58. The van der Waals surface area contributed by atoms with Crippen LogP contribution in [-0.4, -0.2) is 65.2 Å². The Labute approximate surface area is 107 Å². The van der Waals surface area contributed by atoms with E-state index in [9.17, 15) is 9.90 Å². The molecule has 0 radical (unpaired) electrons. The molecule has 18 heavy (non-hydrogen) atoms. The van der Waals surface area contributed by atoms with Gasteiger partial charge in [0.2, 0.25) is 5.91 Å². The van der Waals surface area contributed by atoms with Crippen LogP contribution in [0.15, 0.2) is 0 Å². The molecule has 0 aliphatic carbocycles. The summed E-state index contributed by atoms with van der Waals surface area (Å²) in [6.07, 6.45) is 2.53.